The van der Waals surface area contributed by atoms with Gasteiger partial charge in [-0.25, -0.2) is 15.0 Å². The van der Waals surface area contributed by atoms with Crippen LogP contribution in [0, 0.1) is 17.0 Å². The molecule has 9 nitrogen and oxygen atoms in total. The molecule has 3 rings (SSSR count). The number of hydrogen-bond acceptors (Lipinski definition) is 6. The van der Waals surface area contributed by atoms with E-state index in [1.807, 2.05) is 0 Å². The van der Waals surface area contributed by atoms with Crippen molar-refractivity contribution in [3.05, 3.63) is 67.2 Å². The van der Waals surface area contributed by atoms with Crippen molar-refractivity contribution < 1.29 is 14.1 Å². The molecule has 0 spiro atoms. The predicted octanol–water partition coefficient (Wildman–Crippen LogP) is 4.47. The van der Waals surface area contributed by atoms with Gasteiger partial charge in [0.25, 0.3) is 5.91 Å². The highest BCUT2D eigenvalue weighted by Gasteiger charge is 2.20. The number of nitrogens with zero attached hydrogens (tertiary/aromatic N) is 4. The zero-order valence-electron chi connectivity index (χ0n) is 14.7. The molecule has 0 bridgehead atoms. The van der Waals surface area contributed by atoms with Crippen LogP contribution in [-0.4, -0.2) is 26.6 Å². The number of aromatic nitrogens is 2. The van der Waals surface area contributed by atoms with Crippen molar-refractivity contribution in [2.24, 2.45) is 5.10 Å². The van der Waals surface area contributed by atoms with Crippen LogP contribution in [0.5, 0.6) is 0 Å². The van der Waals surface area contributed by atoms with Gasteiger partial charge in [0, 0.05) is 12.5 Å². The first-order chi connectivity index (χ1) is 13.8. The van der Waals surface area contributed by atoms with Crippen LogP contribution in [0.25, 0.3) is 11.3 Å². The summed E-state index contributed by atoms with van der Waals surface area (Å²) in [5.41, 5.74) is 2.82. The third kappa shape index (κ3) is 4.76. The Morgan fingerprint density at radius 2 is 2.03 bits per heavy atom. The highest BCUT2D eigenvalue weighted by molar-refractivity contribution is 6.44. The van der Waals surface area contributed by atoms with Gasteiger partial charge in [-0.05, 0) is 29.2 Å². The van der Waals surface area contributed by atoms with E-state index in [4.69, 9.17) is 39.2 Å². The van der Waals surface area contributed by atoms with Gasteiger partial charge in [-0.3, -0.25) is 4.79 Å². The summed E-state index contributed by atoms with van der Waals surface area (Å²) < 4.78 is 6.78. The second kappa shape index (κ2) is 8.64. The molecule has 0 aliphatic rings. The molecule has 150 valence electrons. The molecule has 0 aliphatic carbocycles. The van der Waals surface area contributed by atoms with Crippen molar-refractivity contribution in [3.63, 3.8) is 0 Å². The van der Waals surface area contributed by atoms with Crippen LogP contribution in [-0.2, 0) is 11.3 Å². The Hall–Kier alpha value is -2.88. The SMILES string of the molecule is Cc1ncc([N+](=O)[O-])n1CC(=O)NN=Cc1ccc(-c2cc(Cl)c(Cl)cc2Cl)o1. The van der Waals surface area contributed by atoms with Gasteiger partial charge in [0.05, 0.1) is 21.3 Å². The fourth-order valence-corrected chi connectivity index (χ4v) is 3.06. The number of amides is 1. The van der Waals surface area contributed by atoms with Gasteiger partial charge in [0.1, 0.15) is 17.7 Å². The van der Waals surface area contributed by atoms with Gasteiger partial charge in [-0.2, -0.15) is 5.10 Å². The van der Waals surface area contributed by atoms with Crippen molar-refractivity contribution in [1.82, 2.24) is 15.0 Å². The Bertz CT molecular complexity index is 1120. The third-order valence-electron chi connectivity index (χ3n) is 3.81. The first-order valence-corrected chi connectivity index (χ1v) is 9.13. The Balaban J connectivity index is 1.66. The van der Waals surface area contributed by atoms with Crippen LogP contribution in [0.2, 0.25) is 15.1 Å². The summed E-state index contributed by atoms with van der Waals surface area (Å²) in [5.74, 6) is 0.267. The molecule has 29 heavy (non-hydrogen) atoms. The zero-order valence-corrected chi connectivity index (χ0v) is 17.0. The van der Waals surface area contributed by atoms with Crippen molar-refractivity contribution in [1.29, 1.82) is 0 Å². The number of rotatable bonds is 6. The highest BCUT2D eigenvalue weighted by atomic mass is 35.5. The molecular formula is C17H12Cl3N5O4. The van der Waals surface area contributed by atoms with E-state index in [2.05, 4.69) is 15.5 Å². The number of hydrazone groups is 1. The smallest absolute Gasteiger partial charge is 0.343 e. The number of nitro groups is 1. The van der Waals surface area contributed by atoms with E-state index >= 15 is 0 Å². The summed E-state index contributed by atoms with van der Waals surface area (Å²) in [4.78, 5) is 26.2. The second-order valence-electron chi connectivity index (χ2n) is 5.75. The molecule has 1 amide bonds. The number of benzene rings is 1. The number of carbonyl (C=O) groups is 1. The Labute approximate surface area is 179 Å². The van der Waals surface area contributed by atoms with E-state index in [9.17, 15) is 14.9 Å². The van der Waals surface area contributed by atoms with Crippen LogP contribution in [0.3, 0.4) is 0 Å². The van der Waals surface area contributed by atoms with Crippen molar-refractivity contribution in [2.45, 2.75) is 13.5 Å². The first-order valence-electron chi connectivity index (χ1n) is 7.99. The number of nitrogens with one attached hydrogen (secondary N) is 1. The van der Waals surface area contributed by atoms with Gasteiger partial charge >= 0.3 is 5.82 Å². The molecule has 0 atom stereocenters. The van der Waals surface area contributed by atoms with Gasteiger partial charge in [0.2, 0.25) is 0 Å². The Kier molecular flexibility index (Phi) is 6.21. The van der Waals surface area contributed by atoms with Crippen molar-refractivity contribution in [3.8, 4) is 11.3 Å². The molecule has 2 aromatic heterocycles. The lowest BCUT2D eigenvalue weighted by Gasteiger charge is -2.03. The molecule has 0 unspecified atom stereocenters. The second-order valence-corrected chi connectivity index (χ2v) is 6.97. The quantitative estimate of drug-likeness (QED) is 0.254. The van der Waals surface area contributed by atoms with E-state index in [1.165, 1.54) is 16.8 Å². The normalized spacial score (nSPS) is 11.2. The molecule has 0 saturated heterocycles. The van der Waals surface area contributed by atoms with E-state index in [1.54, 1.807) is 25.1 Å². The molecule has 0 aliphatic heterocycles. The van der Waals surface area contributed by atoms with Crippen LogP contribution < -0.4 is 5.43 Å². The van der Waals surface area contributed by atoms with Crippen LogP contribution in [0.4, 0.5) is 5.82 Å². The number of imidazole rings is 1. The lowest BCUT2D eigenvalue weighted by atomic mass is 10.2. The van der Waals surface area contributed by atoms with E-state index in [0.717, 1.165) is 6.20 Å². The summed E-state index contributed by atoms with van der Waals surface area (Å²) in [6, 6.07) is 6.37. The lowest BCUT2D eigenvalue weighted by molar-refractivity contribution is -0.392. The third-order valence-corrected chi connectivity index (χ3v) is 4.84. The topological polar surface area (TPSA) is 116 Å². The summed E-state index contributed by atoms with van der Waals surface area (Å²) in [6.07, 6.45) is 2.37. The number of hydrogen-bond donors (Lipinski definition) is 1. The summed E-state index contributed by atoms with van der Waals surface area (Å²) in [6.45, 7) is 1.25. The lowest BCUT2D eigenvalue weighted by Crippen LogP contribution is -2.24. The number of aryl methyl sites for hydroxylation is 1. The maximum atomic E-state index is 12.0. The summed E-state index contributed by atoms with van der Waals surface area (Å²) in [5, 5.41) is 15.7. The Morgan fingerprint density at radius 3 is 2.76 bits per heavy atom. The average molecular weight is 457 g/mol. The van der Waals surface area contributed by atoms with Crippen molar-refractivity contribution >= 4 is 52.7 Å². The van der Waals surface area contributed by atoms with E-state index in [0.29, 0.717) is 38.0 Å². The predicted molar refractivity (Wildman–Crippen MR) is 109 cm³/mol. The molecule has 3 aromatic rings. The van der Waals surface area contributed by atoms with Gasteiger partial charge in [0.15, 0.2) is 12.4 Å². The molecule has 12 heteroatoms. The Morgan fingerprint density at radius 1 is 1.31 bits per heavy atom. The standard InChI is InChI=1S/C17H12Cl3N5O4/c1-9-21-7-17(25(27)28)24(9)8-16(26)23-22-6-10-2-3-15(29-10)11-4-13(19)14(20)5-12(11)18/h2-7H,8H2,1H3,(H,23,26). The zero-order chi connectivity index (χ0) is 21.1. The van der Waals surface area contributed by atoms with Crippen LogP contribution in [0.1, 0.15) is 11.6 Å². The molecule has 0 fully saturated rings. The molecule has 0 radical (unpaired) electrons. The fraction of sp³-hybridized carbons (Fsp3) is 0.118. The van der Waals surface area contributed by atoms with Crippen LogP contribution >= 0.6 is 34.8 Å². The largest absolute Gasteiger partial charge is 0.455 e. The summed E-state index contributed by atoms with van der Waals surface area (Å²) in [7, 11) is 0. The highest BCUT2D eigenvalue weighted by Crippen LogP contribution is 2.35. The molecule has 0 saturated carbocycles. The van der Waals surface area contributed by atoms with Crippen LogP contribution in [0.15, 0.2) is 40.0 Å². The maximum Gasteiger partial charge on any atom is 0.343 e. The van der Waals surface area contributed by atoms with Gasteiger partial charge in [-0.1, -0.05) is 34.8 Å². The fourth-order valence-electron chi connectivity index (χ4n) is 2.42. The number of carbonyl (C=O) groups excluding carboxylic acids is 1. The molecule has 1 N–H and O–H groups in total. The summed E-state index contributed by atoms with van der Waals surface area (Å²) >= 11 is 18.1. The number of halogens is 3. The maximum absolute atomic E-state index is 12.0. The molecular weight excluding hydrogens is 445 g/mol. The monoisotopic (exact) mass is 455 g/mol. The molecule has 1 aromatic carbocycles. The minimum absolute atomic E-state index is 0.282. The molecule has 2 heterocycles. The first kappa shape index (κ1) is 20.8. The average Bonchev–Trinajstić information content (AvgIpc) is 3.26. The van der Waals surface area contributed by atoms with E-state index < -0.39 is 10.8 Å². The van der Waals surface area contributed by atoms with Crippen molar-refractivity contribution in [2.75, 3.05) is 0 Å². The van der Waals surface area contributed by atoms with E-state index in [-0.39, 0.29) is 12.4 Å². The minimum Gasteiger partial charge on any atom is -0.455 e. The minimum atomic E-state index is -0.616. The van der Waals surface area contributed by atoms with Gasteiger partial charge < -0.3 is 14.5 Å². The number of furan rings is 1. The van der Waals surface area contributed by atoms with Gasteiger partial charge in [-0.15, -0.1) is 0 Å².